The number of rotatable bonds is 5. The lowest BCUT2D eigenvalue weighted by Gasteiger charge is -2.18. The van der Waals surface area contributed by atoms with Crippen molar-refractivity contribution in [3.8, 4) is 6.07 Å². The van der Waals surface area contributed by atoms with Gasteiger partial charge in [0.25, 0.3) is 0 Å². The van der Waals surface area contributed by atoms with Gasteiger partial charge in [0.1, 0.15) is 0 Å². The molecule has 5 heteroatoms. The highest BCUT2D eigenvalue weighted by atomic mass is 16.2. The highest BCUT2D eigenvalue weighted by molar-refractivity contribution is 5.76. The average molecular weight is 258 g/mol. The number of nitriles is 1. The average Bonchev–Trinajstić information content (AvgIpc) is 2.84. The molecule has 0 bridgehead atoms. The van der Waals surface area contributed by atoms with Gasteiger partial charge in [-0.25, -0.2) is 4.79 Å². The lowest BCUT2D eigenvalue weighted by atomic mass is 10.1. The first kappa shape index (κ1) is 13.4. The summed E-state index contributed by atoms with van der Waals surface area (Å²) in [5.41, 5.74) is 1.81. The van der Waals surface area contributed by atoms with Crippen LogP contribution in [-0.2, 0) is 0 Å². The highest BCUT2D eigenvalue weighted by Gasteiger charge is 2.18. The predicted octanol–water partition coefficient (Wildman–Crippen LogP) is 1.23. The summed E-state index contributed by atoms with van der Waals surface area (Å²) in [7, 11) is 0. The standard InChI is InChI=1S/C14H18N4O/c1-11(13-4-2-12(10-15)3-5-13)16-6-8-18-9-7-17-14(18)19/h2-5,11,16H,6-9H2,1H3,(H,17,19). The second-order valence-corrected chi connectivity index (χ2v) is 4.63. The summed E-state index contributed by atoms with van der Waals surface area (Å²) < 4.78 is 0. The van der Waals surface area contributed by atoms with E-state index in [4.69, 9.17) is 5.26 Å². The maximum absolute atomic E-state index is 11.3. The Morgan fingerprint density at radius 2 is 2.21 bits per heavy atom. The van der Waals surface area contributed by atoms with Gasteiger partial charge in [0.2, 0.25) is 0 Å². The molecule has 0 aliphatic carbocycles. The van der Waals surface area contributed by atoms with Crippen LogP contribution in [0.2, 0.25) is 0 Å². The molecule has 1 saturated heterocycles. The summed E-state index contributed by atoms with van der Waals surface area (Å²) in [6.45, 7) is 5.07. The first-order valence-corrected chi connectivity index (χ1v) is 6.47. The van der Waals surface area contributed by atoms with Crippen LogP contribution in [-0.4, -0.2) is 37.1 Å². The third-order valence-corrected chi connectivity index (χ3v) is 3.32. The molecule has 1 atom stereocenters. The minimum Gasteiger partial charge on any atom is -0.336 e. The minimum atomic E-state index is 0.0211. The third kappa shape index (κ3) is 3.46. The van der Waals surface area contributed by atoms with Gasteiger partial charge in [0.05, 0.1) is 11.6 Å². The van der Waals surface area contributed by atoms with Crippen molar-refractivity contribution in [2.24, 2.45) is 0 Å². The zero-order chi connectivity index (χ0) is 13.7. The molecule has 1 aliphatic heterocycles. The van der Waals surface area contributed by atoms with E-state index in [9.17, 15) is 4.79 Å². The SMILES string of the molecule is CC(NCCN1CCNC1=O)c1ccc(C#N)cc1. The van der Waals surface area contributed by atoms with Crippen LogP contribution in [0.3, 0.4) is 0 Å². The van der Waals surface area contributed by atoms with Crippen LogP contribution in [0.4, 0.5) is 4.79 Å². The van der Waals surface area contributed by atoms with Gasteiger partial charge in [-0.05, 0) is 24.6 Å². The van der Waals surface area contributed by atoms with Gasteiger partial charge in [0, 0.05) is 32.2 Å². The molecule has 0 spiro atoms. The molecule has 1 unspecified atom stereocenters. The topological polar surface area (TPSA) is 68.2 Å². The van der Waals surface area contributed by atoms with Crippen molar-refractivity contribution in [2.75, 3.05) is 26.2 Å². The quantitative estimate of drug-likeness (QED) is 0.834. The van der Waals surface area contributed by atoms with Crippen molar-refractivity contribution >= 4 is 6.03 Å². The van der Waals surface area contributed by atoms with Gasteiger partial charge in [-0.15, -0.1) is 0 Å². The Morgan fingerprint density at radius 3 is 2.79 bits per heavy atom. The third-order valence-electron chi connectivity index (χ3n) is 3.32. The zero-order valence-corrected chi connectivity index (χ0v) is 11.0. The number of benzene rings is 1. The summed E-state index contributed by atoms with van der Waals surface area (Å²) in [5, 5.41) is 14.9. The summed E-state index contributed by atoms with van der Waals surface area (Å²) in [6.07, 6.45) is 0. The van der Waals surface area contributed by atoms with Crippen molar-refractivity contribution in [3.63, 3.8) is 0 Å². The fraction of sp³-hybridized carbons (Fsp3) is 0.429. The van der Waals surface area contributed by atoms with E-state index >= 15 is 0 Å². The van der Waals surface area contributed by atoms with Crippen LogP contribution in [0.25, 0.3) is 0 Å². The van der Waals surface area contributed by atoms with Crippen LogP contribution in [0, 0.1) is 11.3 Å². The molecule has 1 aromatic rings. The fourth-order valence-electron chi connectivity index (χ4n) is 2.10. The number of carbonyl (C=O) groups is 1. The van der Waals surface area contributed by atoms with Crippen molar-refractivity contribution in [3.05, 3.63) is 35.4 Å². The van der Waals surface area contributed by atoms with Crippen molar-refractivity contribution < 1.29 is 4.79 Å². The number of amides is 2. The molecule has 1 aliphatic rings. The maximum Gasteiger partial charge on any atom is 0.317 e. The Bertz CT molecular complexity index is 477. The largest absolute Gasteiger partial charge is 0.336 e. The molecule has 19 heavy (non-hydrogen) atoms. The molecule has 2 N–H and O–H groups in total. The minimum absolute atomic E-state index is 0.0211. The van der Waals surface area contributed by atoms with E-state index in [0.717, 1.165) is 25.2 Å². The number of hydrogen-bond donors (Lipinski definition) is 2. The smallest absolute Gasteiger partial charge is 0.317 e. The molecule has 0 saturated carbocycles. The van der Waals surface area contributed by atoms with Crippen LogP contribution >= 0.6 is 0 Å². The van der Waals surface area contributed by atoms with E-state index in [0.29, 0.717) is 12.1 Å². The van der Waals surface area contributed by atoms with E-state index in [1.165, 1.54) is 0 Å². The number of carbonyl (C=O) groups excluding carboxylic acids is 1. The van der Waals surface area contributed by atoms with Crippen molar-refractivity contribution in [2.45, 2.75) is 13.0 Å². The van der Waals surface area contributed by atoms with E-state index < -0.39 is 0 Å². The van der Waals surface area contributed by atoms with Gasteiger partial charge in [-0.2, -0.15) is 5.26 Å². The van der Waals surface area contributed by atoms with E-state index in [-0.39, 0.29) is 12.1 Å². The van der Waals surface area contributed by atoms with Crippen LogP contribution < -0.4 is 10.6 Å². The van der Waals surface area contributed by atoms with Gasteiger partial charge in [-0.1, -0.05) is 12.1 Å². The molecule has 100 valence electrons. The molecule has 5 nitrogen and oxygen atoms in total. The highest BCUT2D eigenvalue weighted by Crippen LogP contribution is 2.12. The molecular weight excluding hydrogens is 240 g/mol. The Labute approximate surface area is 113 Å². The van der Waals surface area contributed by atoms with Crippen molar-refractivity contribution in [1.82, 2.24) is 15.5 Å². The Morgan fingerprint density at radius 1 is 1.47 bits per heavy atom. The molecule has 0 aromatic heterocycles. The predicted molar refractivity (Wildman–Crippen MR) is 72.5 cm³/mol. The van der Waals surface area contributed by atoms with E-state index in [2.05, 4.69) is 23.6 Å². The normalized spacial score (nSPS) is 16.0. The molecule has 1 aromatic carbocycles. The second-order valence-electron chi connectivity index (χ2n) is 4.63. The van der Waals surface area contributed by atoms with Gasteiger partial charge in [0.15, 0.2) is 0 Å². The fourth-order valence-corrected chi connectivity index (χ4v) is 2.10. The molecule has 0 radical (unpaired) electrons. The van der Waals surface area contributed by atoms with Gasteiger partial charge < -0.3 is 15.5 Å². The molecule has 2 rings (SSSR count). The molecular formula is C14H18N4O. The summed E-state index contributed by atoms with van der Waals surface area (Å²) in [4.78, 5) is 13.2. The summed E-state index contributed by atoms with van der Waals surface area (Å²) >= 11 is 0. The molecule has 2 amide bonds. The Hall–Kier alpha value is -2.06. The first-order valence-electron chi connectivity index (χ1n) is 6.47. The van der Waals surface area contributed by atoms with Crippen molar-refractivity contribution in [1.29, 1.82) is 5.26 Å². The Kier molecular flexibility index (Phi) is 4.37. The zero-order valence-electron chi connectivity index (χ0n) is 11.0. The number of nitrogens with zero attached hydrogens (tertiary/aromatic N) is 2. The summed E-state index contributed by atoms with van der Waals surface area (Å²) in [5.74, 6) is 0. The lowest BCUT2D eigenvalue weighted by molar-refractivity contribution is 0.217. The monoisotopic (exact) mass is 258 g/mol. The van der Waals surface area contributed by atoms with E-state index in [1.54, 1.807) is 4.90 Å². The van der Waals surface area contributed by atoms with Gasteiger partial charge >= 0.3 is 6.03 Å². The summed E-state index contributed by atoms with van der Waals surface area (Å²) in [6, 6.07) is 9.89. The van der Waals surface area contributed by atoms with Crippen LogP contribution in [0.1, 0.15) is 24.1 Å². The molecule has 1 heterocycles. The lowest BCUT2D eigenvalue weighted by Crippen LogP contribution is -2.35. The van der Waals surface area contributed by atoms with Crippen LogP contribution in [0.15, 0.2) is 24.3 Å². The maximum atomic E-state index is 11.3. The number of urea groups is 1. The Balaban J connectivity index is 1.78. The number of hydrogen-bond acceptors (Lipinski definition) is 3. The molecule has 1 fully saturated rings. The van der Waals surface area contributed by atoms with Gasteiger partial charge in [-0.3, -0.25) is 0 Å². The first-order chi connectivity index (χ1) is 9.20. The van der Waals surface area contributed by atoms with Crippen LogP contribution in [0.5, 0.6) is 0 Å². The van der Waals surface area contributed by atoms with E-state index in [1.807, 2.05) is 24.3 Å². The second kappa shape index (κ2) is 6.21. The number of nitrogens with one attached hydrogen (secondary N) is 2.